The molecule has 1 N–H and O–H groups in total. The van der Waals surface area contributed by atoms with Gasteiger partial charge in [-0.2, -0.15) is 5.10 Å². The van der Waals surface area contributed by atoms with Gasteiger partial charge in [-0.15, -0.1) is 0 Å². The number of hydrogen-bond acceptors (Lipinski definition) is 4. The van der Waals surface area contributed by atoms with Crippen LogP contribution in [0.25, 0.3) is 5.69 Å². The number of aryl methyl sites for hydroxylation is 2. The van der Waals surface area contributed by atoms with Crippen LogP contribution in [0.1, 0.15) is 23.9 Å². The van der Waals surface area contributed by atoms with E-state index >= 15 is 0 Å². The lowest BCUT2D eigenvalue weighted by atomic mass is 10.1. The molecule has 0 spiro atoms. The van der Waals surface area contributed by atoms with Gasteiger partial charge in [0.05, 0.1) is 11.4 Å². The number of rotatable bonds is 5. The number of hydrogen-bond donors (Lipinski definition) is 1. The number of para-hydroxylation sites is 1. The highest BCUT2D eigenvalue weighted by atomic mass is 15.3. The maximum atomic E-state index is 4.61. The van der Waals surface area contributed by atoms with Crippen LogP contribution in [-0.2, 0) is 6.42 Å². The van der Waals surface area contributed by atoms with Gasteiger partial charge < -0.3 is 5.32 Å². The SMILES string of the molecule is Cc1cnc(NC(C)Cc2cc(C)nn2-c2ccccc2)nc1. The fourth-order valence-corrected chi connectivity index (χ4v) is 2.54. The van der Waals surface area contributed by atoms with Gasteiger partial charge in [0.25, 0.3) is 0 Å². The average molecular weight is 307 g/mol. The van der Waals surface area contributed by atoms with Crippen molar-refractivity contribution in [3.63, 3.8) is 0 Å². The molecule has 2 heterocycles. The molecule has 0 aliphatic heterocycles. The van der Waals surface area contributed by atoms with E-state index in [9.17, 15) is 0 Å². The maximum Gasteiger partial charge on any atom is 0.222 e. The van der Waals surface area contributed by atoms with E-state index in [1.165, 1.54) is 5.69 Å². The summed E-state index contributed by atoms with van der Waals surface area (Å²) in [6, 6.07) is 12.5. The summed E-state index contributed by atoms with van der Waals surface area (Å²) in [5.74, 6) is 0.658. The van der Waals surface area contributed by atoms with Crippen LogP contribution in [0.15, 0.2) is 48.8 Å². The van der Waals surface area contributed by atoms with Crippen molar-refractivity contribution in [1.29, 1.82) is 0 Å². The van der Waals surface area contributed by atoms with Crippen molar-refractivity contribution in [3.05, 3.63) is 65.7 Å². The van der Waals surface area contributed by atoms with E-state index in [0.717, 1.165) is 23.4 Å². The zero-order valence-corrected chi connectivity index (χ0v) is 13.7. The van der Waals surface area contributed by atoms with E-state index in [2.05, 4.69) is 45.5 Å². The van der Waals surface area contributed by atoms with Gasteiger partial charge in [0.2, 0.25) is 5.95 Å². The molecular formula is C18H21N5. The molecule has 1 aromatic carbocycles. The Morgan fingerprint density at radius 1 is 1.09 bits per heavy atom. The molecule has 5 heteroatoms. The molecule has 3 aromatic rings. The van der Waals surface area contributed by atoms with Crippen LogP contribution in [0.2, 0.25) is 0 Å². The number of benzene rings is 1. The Labute approximate surface area is 136 Å². The minimum Gasteiger partial charge on any atom is -0.351 e. The van der Waals surface area contributed by atoms with Crippen molar-refractivity contribution in [1.82, 2.24) is 19.7 Å². The largest absolute Gasteiger partial charge is 0.351 e. The summed E-state index contributed by atoms with van der Waals surface area (Å²) in [5, 5.41) is 7.95. The Kier molecular flexibility index (Phi) is 4.37. The van der Waals surface area contributed by atoms with Crippen molar-refractivity contribution in [2.45, 2.75) is 33.2 Å². The molecule has 0 saturated heterocycles. The first kappa shape index (κ1) is 15.2. The second kappa shape index (κ2) is 6.60. The molecule has 0 aliphatic rings. The van der Waals surface area contributed by atoms with Gasteiger partial charge in [0.15, 0.2) is 0 Å². The van der Waals surface area contributed by atoms with E-state index in [1.807, 2.05) is 49.1 Å². The summed E-state index contributed by atoms with van der Waals surface area (Å²) in [4.78, 5) is 8.60. The van der Waals surface area contributed by atoms with Crippen LogP contribution in [0.5, 0.6) is 0 Å². The van der Waals surface area contributed by atoms with Crippen LogP contribution >= 0.6 is 0 Å². The molecule has 3 rings (SSSR count). The Balaban J connectivity index is 1.76. The quantitative estimate of drug-likeness (QED) is 0.785. The molecule has 23 heavy (non-hydrogen) atoms. The summed E-state index contributed by atoms with van der Waals surface area (Å²) >= 11 is 0. The molecule has 2 aromatic heterocycles. The molecule has 0 aliphatic carbocycles. The van der Waals surface area contributed by atoms with E-state index in [0.29, 0.717) is 5.95 Å². The minimum atomic E-state index is 0.205. The van der Waals surface area contributed by atoms with Gasteiger partial charge >= 0.3 is 0 Å². The topological polar surface area (TPSA) is 55.6 Å². The molecular weight excluding hydrogens is 286 g/mol. The highest BCUT2D eigenvalue weighted by molar-refractivity contribution is 5.34. The molecule has 0 bridgehead atoms. The Hall–Kier alpha value is -2.69. The molecule has 0 fully saturated rings. The van der Waals surface area contributed by atoms with Crippen LogP contribution in [0.4, 0.5) is 5.95 Å². The van der Waals surface area contributed by atoms with Crippen molar-refractivity contribution >= 4 is 5.95 Å². The smallest absolute Gasteiger partial charge is 0.222 e. The lowest BCUT2D eigenvalue weighted by Gasteiger charge is -2.15. The third-order valence-corrected chi connectivity index (χ3v) is 3.58. The molecule has 0 saturated carbocycles. The maximum absolute atomic E-state index is 4.61. The predicted octanol–water partition coefficient (Wildman–Crippen LogP) is 3.32. The Morgan fingerprint density at radius 2 is 1.78 bits per heavy atom. The van der Waals surface area contributed by atoms with Gasteiger partial charge in [0.1, 0.15) is 0 Å². The lowest BCUT2D eigenvalue weighted by molar-refractivity contribution is 0.713. The number of anilines is 1. The Morgan fingerprint density at radius 3 is 2.48 bits per heavy atom. The summed E-state index contributed by atoms with van der Waals surface area (Å²) in [7, 11) is 0. The van der Waals surface area contributed by atoms with Gasteiger partial charge in [-0.1, -0.05) is 18.2 Å². The monoisotopic (exact) mass is 307 g/mol. The van der Waals surface area contributed by atoms with Crippen molar-refractivity contribution in [2.75, 3.05) is 5.32 Å². The van der Waals surface area contributed by atoms with E-state index < -0.39 is 0 Å². The van der Waals surface area contributed by atoms with Crippen molar-refractivity contribution < 1.29 is 0 Å². The van der Waals surface area contributed by atoms with Gasteiger partial charge in [-0.25, -0.2) is 14.6 Å². The van der Waals surface area contributed by atoms with Crippen LogP contribution in [0.3, 0.4) is 0 Å². The second-order valence-electron chi connectivity index (χ2n) is 5.86. The molecule has 118 valence electrons. The number of nitrogens with zero attached hydrogens (tertiary/aromatic N) is 4. The predicted molar refractivity (Wildman–Crippen MR) is 91.9 cm³/mol. The molecule has 1 unspecified atom stereocenters. The fourth-order valence-electron chi connectivity index (χ4n) is 2.54. The molecule has 0 radical (unpaired) electrons. The molecule has 5 nitrogen and oxygen atoms in total. The van der Waals surface area contributed by atoms with E-state index in [-0.39, 0.29) is 6.04 Å². The second-order valence-corrected chi connectivity index (χ2v) is 5.86. The summed E-state index contributed by atoms with van der Waals surface area (Å²) in [5.41, 5.74) is 4.32. The Bertz CT molecular complexity index is 762. The van der Waals surface area contributed by atoms with E-state index in [1.54, 1.807) is 0 Å². The number of aromatic nitrogens is 4. The highest BCUT2D eigenvalue weighted by Crippen LogP contribution is 2.15. The lowest BCUT2D eigenvalue weighted by Crippen LogP contribution is -2.21. The molecule has 1 atom stereocenters. The standard InChI is InChI=1S/C18H21N5/c1-13-11-19-18(20-12-13)21-14(2)9-17-10-15(3)22-23(17)16-7-5-4-6-8-16/h4-8,10-12,14H,9H2,1-3H3,(H,19,20,21). The van der Waals surface area contributed by atoms with Crippen LogP contribution in [0, 0.1) is 13.8 Å². The van der Waals surface area contributed by atoms with Gasteiger partial charge in [0, 0.05) is 30.6 Å². The third kappa shape index (κ3) is 3.74. The summed E-state index contributed by atoms with van der Waals surface area (Å²) in [6.07, 6.45) is 4.48. The first-order chi connectivity index (χ1) is 11.1. The normalized spacial score (nSPS) is 12.1. The first-order valence-electron chi connectivity index (χ1n) is 7.78. The zero-order chi connectivity index (χ0) is 16.2. The van der Waals surface area contributed by atoms with Crippen LogP contribution in [-0.4, -0.2) is 25.8 Å². The van der Waals surface area contributed by atoms with Gasteiger partial charge in [-0.3, -0.25) is 0 Å². The van der Waals surface area contributed by atoms with Gasteiger partial charge in [-0.05, 0) is 44.5 Å². The van der Waals surface area contributed by atoms with E-state index in [4.69, 9.17) is 0 Å². The number of nitrogens with one attached hydrogen (secondary N) is 1. The zero-order valence-electron chi connectivity index (χ0n) is 13.7. The fraction of sp³-hybridized carbons (Fsp3) is 0.278. The van der Waals surface area contributed by atoms with Crippen molar-refractivity contribution in [3.8, 4) is 5.69 Å². The third-order valence-electron chi connectivity index (χ3n) is 3.58. The first-order valence-corrected chi connectivity index (χ1v) is 7.78. The average Bonchev–Trinajstić information content (AvgIpc) is 2.91. The van der Waals surface area contributed by atoms with Crippen molar-refractivity contribution in [2.24, 2.45) is 0 Å². The highest BCUT2D eigenvalue weighted by Gasteiger charge is 2.12. The summed E-state index contributed by atoms with van der Waals surface area (Å²) < 4.78 is 2.00. The van der Waals surface area contributed by atoms with Crippen LogP contribution < -0.4 is 5.32 Å². The molecule has 0 amide bonds. The minimum absolute atomic E-state index is 0.205. The summed E-state index contributed by atoms with van der Waals surface area (Å²) in [6.45, 7) is 6.12.